The average molecular weight is 262 g/mol. The standard InChI is InChI=1S/C16H26N2O/c1-16(2,3)12-14(13-8-5-4-6-9-13)18-11-7-10-15(17)19/h4-6,8-9,14,18H,7,10-12H2,1-3H3,(H2,17,19). The van der Waals surface area contributed by atoms with E-state index in [9.17, 15) is 4.79 Å². The fourth-order valence-electron chi connectivity index (χ4n) is 2.14. The zero-order chi connectivity index (χ0) is 14.3. The van der Waals surface area contributed by atoms with Gasteiger partial charge in [-0.05, 0) is 30.4 Å². The van der Waals surface area contributed by atoms with E-state index in [-0.39, 0.29) is 11.3 Å². The van der Waals surface area contributed by atoms with Crippen molar-refractivity contribution < 1.29 is 4.79 Å². The average Bonchev–Trinajstić information content (AvgIpc) is 2.32. The van der Waals surface area contributed by atoms with Crippen LogP contribution < -0.4 is 11.1 Å². The second-order valence-electron chi connectivity index (χ2n) is 6.25. The van der Waals surface area contributed by atoms with Gasteiger partial charge in [-0.15, -0.1) is 0 Å². The number of nitrogens with one attached hydrogen (secondary N) is 1. The maximum atomic E-state index is 10.7. The van der Waals surface area contributed by atoms with E-state index in [0.717, 1.165) is 19.4 Å². The molecule has 1 rings (SSSR count). The van der Waals surface area contributed by atoms with E-state index in [1.807, 2.05) is 6.07 Å². The second-order valence-corrected chi connectivity index (χ2v) is 6.25. The Kier molecular flexibility index (Phi) is 6.03. The lowest BCUT2D eigenvalue weighted by molar-refractivity contribution is -0.118. The molecule has 3 N–H and O–H groups in total. The molecule has 0 heterocycles. The minimum absolute atomic E-state index is 0.228. The fourth-order valence-corrected chi connectivity index (χ4v) is 2.14. The predicted octanol–water partition coefficient (Wildman–Crippen LogP) is 3.02. The Hall–Kier alpha value is -1.35. The molecule has 0 fully saturated rings. The quantitative estimate of drug-likeness (QED) is 0.742. The molecule has 3 heteroatoms. The van der Waals surface area contributed by atoms with E-state index in [1.54, 1.807) is 0 Å². The van der Waals surface area contributed by atoms with E-state index in [4.69, 9.17) is 5.73 Å². The molecule has 1 unspecified atom stereocenters. The smallest absolute Gasteiger partial charge is 0.217 e. The lowest BCUT2D eigenvalue weighted by atomic mass is 9.85. The molecule has 0 saturated carbocycles. The number of benzene rings is 1. The first kappa shape index (κ1) is 15.7. The highest BCUT2D eigenvalue weighted by molar-refractivity contribution is 5.73. The number of hydrogen-bond acceptors (Lipinski definition) is 2. The first-order chi connectivity index (χ1) is 8.88. The molecule has 0 bridgehead atoms. The van der Waals surface area contributed by atoms with Crippen molar-refractivity contribution >= 4 is 5.91 Å². The van der Waals surface area contributed by atoms with Crippen molar-refractivity contribution in [3.05, 3.63) is 35.9 Å². The normalized spacial score (nSPS) is 13.2. The summed E-state index contributed by atoms with van der Waals surface area (Å²) in [4.78, 5) is 10.7. The number of nitrogens with two attached hydrogens (primary N) is 1. The van der Waals surface area contributed by atoms with E-state index < -0.39 is 0 Å². The van der Waals surface area contributed by atoms with Crippen LogP contribution in [0.2, 0.25) is 0 Å². The summed E-state index contributed by atoms with van der Waals surface area (Å²) in [5, 5.41) is 3.54. The summed E-state index contributed by atoms with van der Waals surface area (Å²) in [5.74, 6) is -0.228. The Morgan fingerprint density at radius 3 is 2.42 bits per heavy atom. The lowest BCUT2D eigenvalue weighted by Crippen LogP contribution is -2.27. The zero-order valence-electron chi connectivity index (χ0n) is 12.3. The highest BCUT2D eigenvalue weighted by atomic mass is 16.1. The highest BCUT2D eigenvalue weighted by Crippen LogP contribution is 2.29. The molecule has 1 atom stereocenters. The molecule has 0 aliphatic rings. The van der Waals surface area contributed by atoms with Gasteiger partial charge in [-0.1, -0.05) is 51.1 Å². The Morgan fingerprint density at radius 2 is 1.89 bits per heavy atom. The van der Waals surface area contributed by atoms with Gasteiger partial charge in [0.1, 0.15) is 0 Å². The van der Waals surface area contributed by atoms with Crippen LogP contribution in [0.25, 0.3) is 0 Å². The number of hydrogen-bond donors (Lipinski definition) is 2. The van der Waals surface area contributed by atoms with Crippen molar-refractivity contribution in [1.29, 1.82) is 0 Å². The third-order valence-corrected chi connectivity index (χ3v) is 3.01. The number of primary amides is 1. The molecule has 1 aromatic carbocycles. The third-order valence-electron chi connectivity index (χ3n) is 3.01. The van der Waals surface area contributed by atoms with Gasteiger partial charge in [0.15, 0.2) is 0 Å². The van der Waals surface area contributed by atoms with E-state index >= 15 is 0 Å². The summed E-state index contributed by atoms with van der Waals surface area (Å²) in [6.07, 6.45) is 2.31. The molecule has 1 amide bonds. The zero-order valence-corrected chi connectivity index (χ0v) is 12.3. The first-order valence-electron chi connectivity index (χ1n) is 6.95. The first-order valence-corrected chi connectivity index (χ1v) is 6.95. The number of carbonyl (C=O) groups excluding carboxylic acids is 1. The van der Waals surface area contributed by atoms with Crippen LogP contribution in [0.3, 0.4) is 0 Å². The predicted molar refractivity (Wildman–Crippen MR) is 79.7 cm³/mol. The lowest BCUT2D eigenvalue weighted by Gasteiger charge is -2.27. The number of amides is 1. The molecule has 0 aliphatic carbocycles. The van der Waals surface area contributed by atoms with Crippen LogP contribution in [0.15, 0.2) is 30.3 Å². The molecule has 0 saturated heterocycles. The Balaban J connectivity index is 2.58. The highest BCUT2D eigenvalue weighted by Gasteiger charge is 2.19. The minimum atomic E-state index is -0.228. The molecule has 1 aromatic rings. The van der Waals surface area contributed by atoms with Crippen LogP contribution in [-0.2, 0) is 4.79 Å². The monoisotopic (exact) mass is 262 g/mol. The van der Waals surface area contributed by atoms with Crippen LogP contribution in [0, 0.1) is 5.41 Å². The summed E-state index contributed by atoms with van der Waals surface area (Å²) >= 11 is 0. The second kappa shape index (κ2) is 7.29. The van der Waals surface area contributed by atoms with Gasteiger partial charge in [0, 0.05) is 12.5 Å². The van der Waals surface area contributed by atoms with Crippen molar-refractivity contribution in [2.75, 3.05) is 6.54 Å². The summed E-state index contributed by atoms with van der Waals surface area (Å²) < 4.78 is 0. The van der Waals surface area contributed by atoms with E-state index in [2.05, 4.69) is 50.4 Å². The topological polar surface area (TPSA) is 55.1 Å². The number of rotatable bonds is 7. The Morgan fingerprint density at radius 1 is 1.26 bits per heavy atom. The van der Waals surface area contributed by atoms with Crippen LogP contribution in [-0.4, -0.2) is 12.5 Å². The Labute approximate surface area is 116 Å². The van der Waals surface area contributed by atoms with Gasteiger partial charge in [0.05, 0.1) is 0 Å². The fraction of sp³-hybridized carbons (Fsp3) is 0.562. The molecule has 0 spiro atoms. The van der Waals surface area contributed by atoms with Gasteiger partial charge in [-0.3, -0.25) is 4.79 Å². The van der Waals surface area contributed by atoms with E-state index in [0.29, 0.717) is 12.5 Å². The van der Waals surface area contributed by atoms with Crippen molar-refractivity contribution in [2.24, 2.45) is 11.1 Å². The van der Waals surface area contributed by atoms with Gasteiger partial charge < -0.3 is 11.1 Å². The maximum absolute atomic E-state index is 10.7. The van der Waals surface area contributed by atoms with Crippen LogP contribution in [0.5, 0.6) is 0 Å². The van der Waals surface area contributed by atoms with Crippen molar-refractivity contribution in [3.8, 4) is 0 Å². The SMILES string of the molecule is CC(C)(C)CC(NCCCC(N)=O)c1ccccc1. The summed E-state index contributed by atoms with van der Waals surface area (Å²) in [5.41, 5.74) is 6.72. The number of carbonyl (C=O) groups is 1. The van der Waals surface area contributed by atoms with E-state index in [1.165, 1.54) is 5.56 Å². The molecule has 19 heavy (non-hydrogen) atoms. The van der Waals surface area contributed by atoms with Crippen molar-refractivity contribution in [3.63, 3.8) is 0 Å². The molecule has 0 aliphatic heterocycles. The molecule has 0 aromatic heterocycles. The van der Waals surface area contributed by atoms with Gasteiger partial charge in [-0.2, -0.15) is 0 Å². The third kappa shape index (κ3) is 6.97. The molecular formula is C16H26N2O. The summed E-state index contributed by atoms with van der Waals surface area (Å²) in [7, 11) is 0. The molecule has 0 radical (unpaired) electrons. The largest absolute Gasteiger partial charge is 0.370 e. The van der Waals surface area contributed by atoms with Crippen molar-refractivity contribution in [2.45, 2.75) is 46.1 Å². The maximum Gasteiger partial charge on any atom is 0.217 e. The molecule has 106 valence electrons. The van der Waals surface area contributed by atoms with Gasteiger partial charge >= 0.3 is 0 Å². The minimum Gasteiger partial charge on any atom is -0.370 e. The van der Waals surface area contributed by atoms with Crippen LogP contribution in [0.1, 0.15) is 51.6 Å². The molecule has 3 nitrogen and oxygen atoms in total. The van der Waals surface area contributed by atoms with Gasteiger partial charge in [0.2, 0.25) is 5.91 Å². The van der Waals surface area contributed by atoms with Crippen molar-refractivity contribution in [1.82, 2.24) is 5.32 Å². The van der Waals surface area contributed by atoms with Crippen LogP contribution in [0.4, 0.5) is 0 Å². The molecular weight excluding hydrogens is 236 g/mol. The Bertz CT molecular complexity index is 381. The summed E-state index contributed by atoms with van der Waals surface area (Å²) in [6, 6.07) is 10.8. The van der Waals surface area contributed by atoms with Crippen LogP contribution >= 0.6 is 0 Å². The van der Waals surface area contributed by atoms with Gasteiger partial charge in [0.25, 0.3) is 0 Å². The summed E-state index contributed by atoms with van der Waals surface area (Å²) in [6.45, 7) is 7.55. The van der Waals surface area contributed by atoms with Gasteiger partial charge in [-0.25, -0.2) is 0 Å².